The van der Waals surface area contributed by atoms with Gasteiger partial charge < -0.3 is 24.4 Å². The second-order valence-electron chi connectivity index (χ2n) is 12.7. The average Bonchev–Trinajstić information content (AvgIpc) is 3.78. The number of H-pyrrole nitrogens is 2. The van der Waals surface area contributed by atoms with Crippen LogP contribution in [-0.4, -0.2) is 49.1 Å². The fourth-order valence-electron chi connectivity index (χ4n) is 6.65. The molecule has 5 aromatic rings. The SMILES string of the molecule is CCCNCc1ncc(-c2ccc3c(c2)oc2cc(-c4cnc([C@@H]5[C@H]6CC[C@H](C6)N5C(=O)OC(C)(C)C)[nH]4)ccc23)[nH]1. The number of hydrogen-bond acceptors (Lipinski definition) is 6. The first kappa shape index (κ1) is 26.8. The number of imidazole rings is 2. The zero-order valence-electron chi connectivity index (χ0n) is 24.7. The monoisotopic (exact) mass is 566 g/mol. The number of carbonyl (C=O) groups excluding carboxylic acids is 1. The average molecular weight is 567 g/mol. The van der Waals surface area contributed by atoms with Crippen molar-refractivity contribution in [1.82, 2.24) is 30.2 Å². The predicted molar refractivity (Wildman–Crippen MR) is 163 cm³/mol. The van der Waals surface area contributed by atoms with Crippen molar-refractivity contribution in [1.29, 1.82) is 0 Å². The summed E-state index contributed by atoms with van der Waals surface area (Å²) in [5, 5.41) is 5.52. The maximum Gasteiger partial charge on any atom is 0.411 e. The molecule has 2 bridgehead atoms. The predicted octanol–water partition coefficient (Wildman–Crippen LogP) is 7.33. The molecule has 1 aliphatic carbocycles. The Balaban J connectivity index is 1.15. The number of aromatic amines is 2. The van der Waals surface area contributed by atoms with Gasteiger partial charge in [-0.05, 0) is 83.2 Å². The number of carbonyl (C=O) groups is 1. The maximum absolute atomic E-state index is 13.2. The van der Waals surface area contributed by atoms with E-state index in [4.69, 9.17) is 14.1 Å². The van der Waals surface area contributed by atoms with Crippen LogP contribution in [0.15, 0.2) is 53.2 Å². The Labute approximate surface area is 245 Å². The highest BCUT2D eigenvalue weighted by molar-refractivity contribution is 6.06. The molecular weight excluding hydrogens is 528 g/mol. The molecule has 2 aliphatic rings. The molecule has 7 rings (SSSR count). The number of ether oxygens (including phenoxy) is 1. The Morgan fingerprint density at radius 2 is 1.71 bits per heavy atom. The summed E-state index contributed by atoms with van der Waals surface area (Å²) in [7, 11) is 0. The van der Waals surface area contributed by atoms with Gasteiger partial charge in [0.25, 0.3) is 0 Å². The van der Waals surface area contributed by atoms with Gasteiger partial charge in [0.15, 0.2) is 0 Å². The Bertz CT molecular complexity index is 1760. The lowest BCUT2D eigenvalue weighted by atomic mass is 9.98. The lowest BCUT2D eigenvalue weighted by Crippen LogP contribution is -2.43. The molecule has 9 heteroatoms. The Hall–Kier alpha value is -4.11. The van der Waals surface area contributed by atoms with E-state index in [1.54, 1.807) is 0 Å². The molecule has 2 aromatic carbocycles. The first-order chi connectivity index (χ1) is 20.3. The number of furan rings is 1. The lowest BCUT2D eigenvalue weighted by Gasteiger charge is -2.35. The van der Waals surface area contributed by atoms with Crippen molar-refractivity contribution >= 4 is 28.0 Å². The van der Waals surface area contributed by atoms with Gasteiger partial charge in [0.05, 0.1) is 36.4 Å². The van der Waals surface area contributed by atoms with Crippen LogP contribution >= 0.6 is 0 Å². The topological polar surface area (TPSA) is 112 Å². The molecule has 1 saturated heterocycles. The van der Waals surface area contributed by atoms with E-state index >= 15 is 0 Å². The van der Waals surface area contributed by atoms with Crippen LogP contribution in [0.3, 0.4) is 0 Å². The maximum atomic E-state index is 13.2. The fraction of sp³-hybridized carbons (Fsp3) is 0.424. The molecular formula is C33H38N6O3. The third-order valence-electron chi connectivity index (χ3n) is 8.51. The molecule has 3 atom stereocenters. The summed E-state index contributed by atoms with van der Waals surface area (Å²) in [5.74, 6) is 2.14. The van der Waals surface area contributed by atoms with Gasteiger partial charge in [-0.15, -0.1) is 0 Å². The summed E-state index contributed by atoms with van der Waals surface area (Å²) < 4.78 is 12.1. The number of benzene rings is 2. The number of fused-ring (bicyclic) bond motifs is 5. The van der Waals surface area contributed by atoms with E-state index in [9.17, 15) is 4.79 Å². The second-order valence-corrected chi connectivity index (χ2v) is 12.7. The standard InChI is InChI=1S/C33H38N6O3/c1-5-12-34-18-29-35-16-25(37-29)19-7-10-23-24-11-8-20(15-28(24)41-27(23)14-19)26-17-36-31(38-26)30-21-6-9-22(13-21)39(30)32(40)42-33(2,3)4/h7-8,10-11,14-17,21-22,30,34H,5-6,9,12-13,18H2,1-4H3,(H,35,37)(H,36,38)/t21-,22+,30-/m0/s1. The van der Waals surface area contributed by atoms with Gasteiger partial charge in [0.1, 0.15) is 28.4 Å². The Morgan fingerprint density at radius 3 is 2.40 bits per heavy atom. The van der Waals surface area contributed by atoms with Crippen molar-refractivity contribution in [3.05, 3.63) is 60.4 Å². The largest absolute Gasteiger partial charge is 0.456 e. The van der Waals surface area contributed by atoms with Crippen LogP contribution in [0.2, 0.25) is 0 Å². The summed E-state index contributed by atoms with van der Waals surface area (Å²) in [6.45, 7) is 9.58. The number of aromatic nitrogens is 4. The number of nitrogens with zero attached hydrogens (tertiary/aromatic N) is 3. The van der Waals surface area contributed by atoms with Crippen LogP contribution in [0.4, 0.5) is 4.79 Å². The Kier molecular flexibility index (Phi) is 6.57. The van der Waals surface area contributed by atoms with E-state index in [0.29, 0.717) is 5.92 Å². The lowest BCUT2D eigenvalue weighted by molar-refractivity contribution is 0.00620. The minimum atomic E-state index is -0.534. The van der Waals surface area contributed by atoms with Crippen molar-refractivity contribution in [2.75, 3.05) is 6.54 Å². The van der Waals surface area contributed by atoms with E-state index in [0.717, 1.165) is 94.9 Å². The van der Waals surface area contributed by atoms with Gasteiger partial charge in [0.2, 0.25) is 0 Å². The number of nitrogens with one attached hydrogen (secondary N) is 3. The minimum Gasteiger partial charge on any atom is -0.456 e. The quantitative estimate of drug-likeness (QED) is 0.178. The molecule has 1 saturated carbocycles. The summed E-state index contributed by atoms with van der Waals surface area (Å²) in [6.07, 6.45) is 7.71. The number of piperidine rings is 1. The number of likely N-dealkylation sites (tertiary alicyclic amines) is 1. The summed E-state index contributed by atoms with van der Waals surface area (Å²) in [6, 6.07) is 12.7. The molecule has 0 radical (unpaired) electrons. The molecule has 1 amide bonds. The van der Waals surface area contributed by atoms with Crippen LogP contribution < -0.4 is 5.32 Å². The zero-order chi connectivity index (χ0) is 29.0. The van der Waals surface area contributed by atoms with Crippen LogP contribution in [0.25, 0.3) is 44.5 Å². The van der Waals surface area contributed by atoms with Gasteiger partial charge in [-0.3, -0.25) is 4.90 Å². The van der Waals surface area contributed by atoms with E-state index < -0.39 is 5.60 Å². The Morgan fingerprint density at radius 1 is 1.02 bits per heavy atom. The molecule has 3 aromatic heterocycles. The van der Waals surface area contributed by atoms with Crippen LogP contribution in [0.5, 0.6) is 0 Å². The first-order valence-electron chi connectivity index (χ1n) is 15.1. The van der Waals surface area contributed by atoms with Crippen molar-refractivity contribution in [2.45, 2.75) is 77.6 Å². The second kappa shape index (κ2) is 10.3. The van der Waals surface area contributed by atoms with Crippen molar-refractivity contribution < 1.29 is 13.9 Å². The molecule has 0 unspecified atom stereocenters. The smallest absolute Gasteiger partial charge is 0.411 e. The summed E-state index contributed by atoms with van der Waals surface area (Å²) in [5.41, 5.74) is 5.02. The molecule has 3 N–H and O–H groups in total. The van der Waals surface area contributed by atoms with Crippen molar-refractivity contribution in [3.8, 4) is 22.5 Å². The normalized spacial score (nSPS) is 20.3. The van der Waals surface area contributed by atoms with Crippen molar-refractivity contribution in [3.63, 3.8) is 0 Å². The third-order valence-corrected chi connectivity index (χ3v) is 8.51. The van der Waals surface area contributed by atoms with Gasteiger partial charge >= 0.3 is 6.09 Å². The van der Waals surface area contributed by atoms with Gasteiger partial charge in [-0.1, -0.05) is 19.1 Å². The van der Waals surface area contributed by atoms with Gasteiger partial charge in [0, 0.05) is 27.9 Å². The molecule has 9 nitrogen and oxygen atoms in total. The highest BCUT2D eigenvalue weighted by atomic mass is 16.6. The van der Waals surface area contributed by atoms with Crippen LogP contribution in [0.1, 0.15) is 71.1 Å². The van der Waals surface area contributed by atoms with E-state index in [1.807, 2.05) is 38.1 Å². The van der Waals surface area contributed by atoms with E-state index in [1.165, 1.54) is 0 Å². The van der Waals surface area contributed by atoms with Gasteiger partial charge in [-0.2, -0.15) is 0 Å². The fourth-order valence-corrected chi connectivity index (χ4v) is 6.65. The highest BCUT2D eigenvalue weighted by Gasteiger charge is 2.51. The van der Waals surface area contributed by atoms with Crippen LogP contribution in [-0.2, 0) is 11.3 Å². The molecule has 4 heterocycles. The summed E-state index contributed by atoms with van der Waals surface area (Å²) >= 11 is 0. The van der Waals surface area contributed by atoms with Gasteiger partial charge in [-0.25, -0.2) is 14.8 Å². The molecule has 2 fully saturated rings. The first-order valence-corrected chi connectivity index (χ1v) is 15.1. The van der Waals surface area contributed by atoms with Crippen molar-refractivity contribution in [2.24, 2.45) is 5.92 Å². The van der Waals surface area contributed by atoms with E-state index in [2.05, 4.69) is 63.6 Å². The number of hydrogen-bond donors (Lipinski definition) is 3. The number of rotatable bonds is 7. The zero-order valence-corrected chi connectivity index (χ0v) is 24.7. The number of amides is 1. The molecule has 218 valence electrons. The highest BCUT2D eigenvalue weighted by Crippen LogP contribution is 2.50. The van der Waals surface area contributed by atoms with E-state index in [-0.39, 0.29) is 18.2 Å². The van der Waals surface area contributed by atoms with Crippen LogP contribution in [0, 0.1) is 5.92 Å². The molecule has 0 spiro atoms. The summed E-state index contributed by atoms with van der Waals surface area (Å²) in [4.78, 5) is 31.3. The third kappa shape index (κ3) is 4.85. The molecule has 42 heavy (non-hydrogen) atoms. The minimum absolute atomic E-state index is 0.0915. The molecule has 1 aliphatic heterocycles.